The van der Waals surface area contributed by atoms with Gasteiger partial charge in [-0.15, -0.1) is 0 Å². The Hall–Kier alpha value is -1.47. The number of pyridine rings is 1. The molecular weight excluding hydrogens is 280 g/mol. The minimum absolute atomic E-state index is 0.154. The summed E-state index contributed by atoms with van der Waals surface area (Å²) in [5.74, 6) is -1.92. The summed E-state index contributed by atoms with van der Waals surface area (Å²) in [6.45, 7) is -0.355. The third-order valence-corrected chi connectivity index (χ3v) is 2.17. The van der Waals surface area contributed by atoms with Gasteiger partial charge in [0.05, 0.1) is 6.54 Å². The minimum Gasteiger partial charge on any atom is -0.479 e. The van der Waals surface area contributed by atoms with Crippen LogP contribution in [0.1, 0.15) is 10.5 Å². The van der Waals surface area contributed by atoms with Crippen molar-refractivity contribution < 1.29 is 19.8 Å². The Kier molecular flexibility index (Phi) is 4.39. The Morgan fingerprint density at radius 2 is 2.19 bits per heavy atom. The molecule has 0 bridgehead atoms. The summed E-state index contributed by atoms with van der Waals surface area (Å²) in [6, 6.07) is 3.11. The van der Waals surface area contributed by atoms with Crippen molar-refractivity contribution >= 4 is 27.8 Å². The monoisotopic (exact) mass is 288 g/mol. The normalized spacial score (nSPS) is 11.9. The number of halogens is 1. The second-order valence-corrected chi connectivity index (χ2v) is 3.84. The van der Waals surface area contributed by atoms with E-state index in [0.29, 0.717) is 0 Å². The van der Waals surface area contributed by atoms with Gasteiger partial charge in [-0.05, 0) is 28.1 Å². The number of aliphatic carboxylic acids is 1. The van der Waals surface area contributed by atoms with Crippen molar-refractivity contribution in [3.05, 3.63) is 28.5 Å². The first-order valence-corrected chi connectivity index (χ1v) is 5.10. The molecule has 7 heteroatoms. The first-order chi connectivity index (χ1) is 7.50. The lowest BCUT2D eigenvalue weighted by atomic mass is 10.3. The molecule has 0 saturated heterocycles. The highest BCUT2D eigenvalue weighted by molar-refractivity contribution is 9.10. The number of carboxylic acid groups (broad SMARTS) is 1. The van der Waals surface area contributed by atoms with E-state index >= 15 is 0 Å². The lowest BCUT2D eigenvalue weighted by molar-refractivity contribution is -0.146. The lowest BCUT2D eigenvalue weighted by Crippen LogP contribution is -2.36. The summed E-state index contributed by atoms with van der Waals surface area (Å²) in [4.78, 5) is 25.5. The number of carbonyl (C=O) groups excluding carboxylic acids is 1. The largest absolute Gasteiger partial charge is 0.479 e. The number of rotatable bonds is 4. The Morgan fingerprint density at radius 1 is 1.50 bits per heavy atom. The average Bonchev–Trinajstić information content (AvgIpc) is 2.26. The molecule has 1 amide bonds. The number of aromatic nitrogens is 1. The Bertz CT molecular complexity index is 393. The van der Waals surface area contributed by atoms with E-state index < -0.39 is 18.0 Å². The second-order valence-electron chi connectivity index (χ2n) is 2.93. The number of nitrogens with one attached hydrogen (secondary N) is 1. The zero-order chi connectivity index (χ0) is 12.1. The molecule has 1 aromatic heterocycles. The van der Waals surface area contributed by atoms with Crippen molar-refractivity contribution in [3.8, 4) is 0 Å². The first-order valence-electron chi connectivity index (χ1n) is 4.31. The van der Waals surface area contributed by atoms with Crippen LogP contribution in [0.15, 0.2) is 22.8 Å². The highest BCUT2D eigenvalue weighted by Gasteiger charge is 2.15. The summed E-state index contributed by atoms with van der Waals surface area (Å²) < 4.78 is 0.731. The van der Waals surface area contributed by atoms with Gasteiger partial charge in [0.25, 0.3) is 5.91 Å². The van der Waals surface area contributed by atoms with E-state index in [0.717, 1.165) is 4.47 Å². The average molecular weight is 289 g/mol. The van der Waals surface area contributed by atoms with Crippen LogP contribution >= 0.6 is 15.9 Å². The van der Waals surface area contributed by atoms with Crippen LogP contribution in [-0.4, -0.2) is 39.7 Å². The van der Waals surface area contributed by atoms with Crippen LogP contribution in [0.25, 0.3) is 0 Å². The number of hydrogen-bond donors (Lipinski definition) is 3. The van der Waals surface area contributed by atoms with Gasteiger partial charge in [0.2, 0.25) is 0 Å². The number of nitrogens with zero attached hydrogens (tertiary/aromatic N) is 1. The molecule has 1 atom stereocenters. The Morgan fingerprint density at radius 3 is 2.69 bits per heavy atom. The Labute approximate surface area is 99.4 Å². The van der Waals surface area contributed by atoms with Crippen molar-refractivity contribution in [3.63, 3.8) is 0 Å². The van der Waals surface area contributed by atoms with Gasteiger partial charge >= 0.3 is 5.97 Å². The van der Waals surface area contributed by atoms with Crippen LogP contribution in [0, 0.1) is 0 Å². The van der Waals surface area contributed by atoms with Gasteiger partial charge in [-0.25, -0.2) is 9.78 Å². The van der Waals surface area contributed by atoms with Gasteiger partial charge in [0.15, 0.2) is 6.10 Å². The van der Waals surface area contributed by atoms with Crippen LogP contribution in [0.4, 0.5) is 0 Å². The van der Waals surface area contributed by atoms with Crippen LogP contribution in [0.5, 0.6) is 0 Å². The lowest BCUT2D eigenvalue weighted by Gasteiger charge is -2.07. The van der Waals surface area contributed by atoms with Crippen molar-refractivity contribution in [2.45, 2.75) is 6.10 Å². The number of aliphatic hydroxyl groups excluding tert-OH is 1. The van der Waals surface area contributed by atoms with E-state index in [1.807, 2.05) is 0 Å². The van der Waals surface area contributed by atoms with E-state index in [1.165, 1.54) is 12.3 Å². The number of carbonyl (C=O) groups is 2. The second kappa shape index (κ2) is 5.57. The number of hydrogen-bond acceptors (Lipinski definition) is 4. The third kappa shape index (κ3) is 3.59. The maximum atomic E-state index is 11.4. The summed E-state index contributed by atoms with van der Waals surface area (Å²) in [5, 5.41) is 19.6. The molecule has 0 spiro atoms. The molecule has 0 aliphatic carbocycles. The fraction of sp³-hybridized carbons (Fsp3) is 0.222. The fourth-order valence-corrected chi connectivity index (χ4v) is 1.11. The van der Waals surface area contributed by atoms with Crippen molar-refractivity contribution in [2.75, 3.05) is 6.54 Å². The number of carboxylic acids is 1. The predicted octanol–water partition coefficient (Wildman–Crippen LogP) is 0.0194. The third-order valence-electron chi connectivity index (χ3n) is 1.70. The number of aliphatic hydroxyl groups is 1. The van der Waals surface area contributed by atoms with Crippen molar-refractivity contribution in [2.24, 2.45) is 0 Å². The highest BCUT2D eigenvalue weighted by Crippen LogP contribution is 2.07. The van der Waals surface area contributed by atoms with Gasteiger partial charge < -0.3 is 15.5 Å². The van der Waals surface area contributed by atoms with E-state index in [9.17, 15) is 9.59 Å². The maximum absolute atomic E-state index is 11.4. The molecule has 3 N–H and O–H groups in total. The standard InChI is InChI=1S/C9H9BrN2O4/c10-5-1-2-6(11-3-5)8(14)12-4-7(13)9(15)16/h1-3,7,13H,4H2,(H,12,14)(H,15,16)/t7-/m0/s1. The van der Waals surface area contributed by atoms with Crippen LogP contribution < -0.4 is 5.32 Å². The molecule has 6 nitrogen and oxygen atoms in total. The maximum Gasteiger partial charge on any atom is 0.334 e. The van der Waals surface area contributed by atoms with Crippen LogP contribution in [0.3, 0.4) is 0 Å². The fourth-order valence-electron chi connectivity index (χ4n) is 0.877. The summed E-state index contributed by atoms with van der Waals surface area (Å²) >= 11 is 3.16. The molecule has 0 aliphatic rings. The summed E-state index contributed by atoms with van der Waals surface area (Å²) in [5.41, 5.74) is 0.154. The molecule has 86 valence electrons. The van der Waals surface area contributed by atoms with Gasteiger partial charge in [-0.3, -0.25) is 4.79 Å². The molecule has 0 saturated carbocycles. The molecule has 1 aromatic rings. The Balaban J connectivity index is 2.53. The quantitative estimate of drug-likeness (QED) is 0.725. The summed E-state index contributed by atoms with van der Waals surface area (Å²) in [7, 11) is 0. The topological polar surface area (TPSA) is 99.5 Å². The van der Waals surface area contributed by atoms with E-state index in [-0.39, 0.29) is 12.2 Å². The van der Waals surface area contributed by atoms with Crippen LogP contribution in [0.2, 0.25) is 0 Å². The van der Waals surface area contributed by atoms with Gasteiger partial charge in [0.1, 0.15) is 5.69 Å². The molecule has 0 aromatic carbocycles. The van der Waals surface area contributed by atoms with Crippen molar-refractivity contribution in [1.82, 2.24) is 10.3 Å². The smallest absolute Gasteiger partial charge is 0.334 e. The summed E-state index contributed by atoms with van der Waals surface area (Å²) in [6.07, 6.45) is -0.165. The molecule has 0 fully saturated rings. The molecule has 0 aliphatic heterocycles. The predicted molar refractivity (Wildman–Crippen MR) is 57.9 cm³/mol. The highest BCUT2D eigenvalue weighted by atomic mass is 79.9. The van der Waals surface area contributed by atoms with Crippen LogP contribution in [-0.2, 0) is 4.79 Å². The van der Waals surface area contributed by atoms with E-state index in [1.54, 1.807) is 6.07 Å². The number of amides is 1. The minimum atomic E-state index is -1.61. The van der Waals surface area contributed by atoms with Gasteiger partial charge in [-0.2, -0.15) is 0 Å². The molecule has 1 heterocycles. The molecule has 1 rings (SSSR count). The zero-order valence-electron chi connectivity index (χ0n) is 8.05. The molecule has 16 heavy (non-hydrogen) atoms. The van der Waals surface area contributed by atoms with Gasteiger partial charge in [0, 0.05) is 10.7 Å². The zero-order valence-corrected chi connectivity index (χ0v) is 9.64. The molecule has 0 unspecified atom stereocenters. The first kappa shape index (κ1) is 12.6. The molecule has 0 radical (unpaired) electrons. The molecular formula is C9H9BrN2O4. The van der Waals surface area contributed by atoms with Gasteiger partial charge in [-0.1, -0.05) is 0 Å². The van der Waals surface area contributed by atoms with E-state index in [2.05, 4.69) is 26.2 Å². The van der Waals surface area contributed by atoms with E-state index in [4.69, 9.17) is 10.2 Å². The SMILES string of the molecule is O=C(NC[C@H](O)C(=O)O)c1ccc(Br)cn1. The van der Waals surface area contributed by atoms with Crippen molar-refractivity contribution in [1.29, 1.82) is 0 Å².